The number of esters is 1. The predicted octanol–water partition coefficient (Wildman–Crippen LogP) is 0.955. The van der Waals surface area contributed by atoms with Crippen molar-refractivity contribution in [1.29, 1.82) is 0 Å². The van der Waals surface area contributed by atoms with E-state index in [-0.39, 0.29) is 24.8 Å². The number of carbonyl (C=O) groups excluding carboxylic acids is 1. The third kappa shape index (κ3) is 3.89. The van der Waals surface area contributed by atoms with Gasteiger partial charge in [0.25, 0.3) is 0 Å². The van der Waals surface area contributed by atoms with E-state index in [1.165, 1.54) is 23.5 Å². The molecule has 7 nitrogen and oxygen atoms in total. The van der Waals surface area contributed by atoms with Crippen molar-refractivity contribution in [2.24, 2.45) is 11.8 Å². The van der Waals surface area contributed by atoms with Gasteiger partial charge in [-0.15, -0.1) is 0 Å². The van der Waals surface area contributed by atoms with Gasteiger partial charge in [-0.25, -0.2) is 17.5 Å². The molecule has 0 bridgehead atoms. The quantitative estimate of drug-likeness (QED) is 0.801. The second-order valence-electron chi connectivity index (χ2n) is 5.68. The SMILES string of the molecule is COC(=O)c1ccc(CS(=O)(=O)N2C[C@@H](C)[C@H](C(=O)O)C2)cc1. The summed E-state index contributed by atoms with van der Waals surface area (Å²) >= 11 is 0. The zero-order valence-electron chi connectivity index (χ0n) is 12.9. The minimum atomic E-state index is -3.60. The van der Waals surface area contributed by atoms with Crippen LogP contribution in [-0.4, -0.2) is 50.0 Å². The molecule has 1 aromatic carbocycles. The Hall–Kier alpha value is -1.93. The van der Waals surface area contributed by atoms with Crippen LogP contribution in [0.3, 0.4) is 0 Å². The van der Waals surface area contributed by atoms with E-state index in [9.17, 15) is 18.0 Å². The molecule has 23 heavy (non-hydrogen) atoms. The zero-order chi connectivity index (χ0) is 17.2. The number of nitrogens with zero attached hydrogens (tertiary/aromatic N) is 1. The molecule has 0 amide bonds. The van der Waals surface area contributed by atoms with E-state index < -0.39 is 27.9 Å². The second kappa shape index (κ2) is 6.67. The third-order valence-corrected chi connectivity index (χ3v) is 5.80. The molecule has 1 aliphatic heterocycles. The van der Waals surface area contributed by atoms with E-state index in [2.05, 4.69) is 4.74 Å². The van der Waals surface area contributed by atoms with Crippen molar-refractivity contribution in [2.45, 2.75) is 12.7 Å². The van der Waals surface area contributed by atoms with Crippen LogP contribution in [0.2, 0.25) is 0 Å². The van der Waals surface area contributed by atoms with Gasteiger partial charge in [0.15, 0.2) is 0 Å². The molecule has 2 rings (SSSR count). The molecule has 0 aliphatic carbocycles. The molecule has 1 fully saturated rings. The molecule has 1 aliphatic rings. The molecule has 2 atom stereocenters. The average molecular weight is 341 g/mol. The summed E-state index contributed by atoms with van der Waals surface area (Å²) in [5, 5.41) is 9.10. The summed E-state index contributed by atoms with van der Waals surface area (Å²) in [7, 11) is -2.33. The average Bonchev–Trinajstić information content (AvgIpc) is 2.90. The van der Waals surface area contributed by atoms with Gasteiger partial charge in [0, 0.05) is 13.1 Å². The van der Waals surface area contributed by atoms with E-state index in [4.69, 9.17) is 5.11 Å². The van der Waals surface area contributed by atoms with Crippen LogP contribution in [0.15, 0.2) is 24.3 Å². The zero-order valence-corrected chi connectivity index (χ0v) is 13.7. The first-order valence-electron chi connectivity index (χ1n) is 7.12. The fourth-order valence-corrected chi connectivity index (χ4v) is 4.27. The first kappa shape index (κ1) is 17.4. The number of benzene rings is 1. The Morgan fingerprint density at radius 3 is 2.35 bits per heavy atom. The minimum absolute atomic E-state index is 0.000915. The molecule has 0 spiro atoms. The van der Waals surface area contributed by atoms with Gasteiger partial charge in [0.05, 0.1) is 24.3 Å². The molecule has 126 valence electrons. The molecule has 0 unspecified atom stereocenters. The summed E-state index contributed by atoms with van der Waals surface area (Å²) < 4.78 is 30.7. The smallest absolute Gasteiger partial charge is 0.337 e. The normalized spacial score (nSPS) is 22.0. The number of ether oxygens (including phenoxy) is 1. The van der Waals surface area contributed by atoms with E-state index >= 15 is 0 Å². The Morgan fingerprint density at radius 1 is 1.26 bits per heavy atom. The lowest BCUT2D eigenvalue weighted by Gasteiger charge is -2.16. The van der Waals surface area contributed by atoms with Crippen molar-refractivity contribution < 1.29 is 27.9 Å². The first-order valence-corrected chi connectivity index (χ1v) is 8.73. The summed E-state index contributed by atoms with van der Waals surface area (Å²) in [6.45, 7) is 1.94. The van der Waals surface area contributed by atoms with Gasteiger partial charge >= 0.3 is 11.9 Å². The maximum atomic E-state index is 12.4. The number of aliphatic carboxylic acids is 1. The van der Waals surface area contributed by atoms with Crippen molar-refractivity contribution in [1.82, 2.24) is 4.31 Å². The molecule has 1 saturated heterocycles. The topological polar surface area (TPSA) is 101 Å². The van der Waals surface area contributed by atoms with E-state index in [1.807, 2.05) is 0 Å². The maximum absolute atomic E-state index is 12.4. The molecule has 0 saturated carbocycles. The molecule has 0 aromatic heterocycles. The number of carboxylic acid groups (broad SMARTS) is 1. The molecule has 1 N–H and O–H groups in total. The highest BCUT2D eigenvalue weighted by molar-refractivity contribution is 7.88. The Balaban J connectivity index is 2.10. The van der Waals surface area contributed by atoms with Crippen molar-refractivity contribution >= 4 is 22.0 Å². The van der Waals surface area contributed by atoms with Gasteiger partial charge in [-0.3, -0.25) is 4.79 Å². The van der Waals surface area contributed by atoms with Crippen LogP contribution in [0.25, 0.3) is 0 Å². The number of rotatable bonds is 5. The van der Waals surface area contributed by atoms with Crippen molar-refractivity contribution in [2.75, 3.05) is 20.2 Å². The van der Waals surface area contributed by atoms with Crippen LogP contribution < -0.4 is 0 Å². The van der Waals surface area contributed by atoms with Crippen LogP contribution in [0.4, 0.5) is 0 Å². The fraction of sp³-hybridized carbons (Fsp3) is 0.467. The highest BCUT2D eigenvalue weighted by atomic mass is 32.2. The maximum Gasteiger partial charge on any atom is 0.337 e. The predicted molar refractivity (Wildman–Crippen MR) is 82.3 cm³/mol. The lowest BCUT2D eigenvalue weighted by Crippen LogP contribution is -2.31. The standard InChI is InChI=1S/C15H19NO6S/c1-10-7-16(8-13(10)14(17)18)23(20,21)9-11-3-5-12(6-4-11)15(19)22-2/h3-6,10,13H,7-9H2,1-2H3,(H,17,18)/t10-,13-/m1/s1. The lowest BCUT2D eigenvalue weighted by molar-refractivity contribution is -0.142. The molecular formula is C15H19NO6S. The van der Waals surface area contributed by atoms with Gasteiger partial charge in [-0.2, -0.15) is 0 Å². The summed E-state index contributed by atoms with van der Waals surface area (Å²) in [5.74, 6) is -2.58. The van der Waals surface area contributed by atoms with Crippen molar-refractivity contribution in [3.8, 4) is 0 Å². The van der Waals surface area contributed by atoms with Crippen LogP contribution >= 0.6 is 0 Å². The Kier molecular flexibility index (Phi) is 5.06. The lowest BCUT2D eigenvalue weighted by atomic mass is 9.99. The number of sulfonamides is 1. The van der Waals surface area contributed by atoms with Crippen LogP contribution in [0, 0.1) is 11.8 Å². The number of methoxy groups -OCH3 is 1. The van der Waals surface area contributed by atoms with Crippen LogP contribution in [0.1, 0.15) is 22.8 Å². The monoisotopic (exact) mass is 341 g/mol. The highest BCUT2D eigenvalue weighted by Gasteiger charge is 2.39. The molecular weight excluding hydrogens is 322 g/mol. The summed E-state index contributed by atoms with van der Waals surface area (Å²) in [6.07, 6.45) is 0. The fourth-order valence-electron chi connectivity index (χ4n) is 2.63. The van der Waals surface area contributed by atoms with Gasteiger partial charge in [0.1, 0.15) is 0 Å². The number of carbonyl (C=O) groups is 2. The summed E-state index contributed by atoms with van der Waals surface area (Å²) in [6, 6.07) is 6.11. The largest absolute Gasteiger partial charge is 0.481 e. The molecule has 8 heteroatoms. The third-order valence-electron chi connectivity index (χ3n) is 4.01. The van der Waals surface area contributed by atoms with Crippen LogP contribution in [-0.2, 0) is 25.3 Å². The second-order valence-corrected chi connectivity index (χ2v) is 7.65. The Labute approximate surface area is 134 Å². The summed E-state index contributed by atoms with van der Waals surface area (Å²) in [4.78, 5) is 22.5. The van der Waals surface area contributed by atoms with Crippen LogP contribution in [0.5, 0.6) is 0 Å². The number of hydrogen-bond donors (Lipinski definition) is 1. The summed E-state index contributed by atoms with van der Waals surface area (Å²) in [5.41, 5.74) is 0.874. The Morgan fingerprint density at radius 2 is 1.87 bits per heavy atom. The van der Waals surface area contributed by atoms with Crippen molar-refractivity contribution in [3.05, 3.63) is 35.4 Å². The number of carboxylic acids is 1. The minimum Gasteiger partial charge on any atom is -0.481 e. The molecule has 1 aromatic rings. The van der Waals surface area contributed by atoms with Gasteiger partial charge in [-0.05, 0) is 23.6 Å². The van der Waals surface area contributed by atoms with E-state index in [0.29, 0.717) is 11.1 Å². The van der Waals surface area contributed by atoms with Gasteiger partial charge in [-0.1, -0.05) is 19.1 Å². The molecule has 1 heterocycles. The Bertz CT molecular complexity index is 697. The van der Waals surface area contributed by atoms with Crippen molar-refractivity contribution in [3.63, 3.8) is 0 Å². The highest BCUT2D eigenvalue weighted by Crippen LogP contribution is 2.27. The number of hydrogen-bond acceptors (Lipinski definition) is 5. The van der Waals surface area contributed by atoms with E-state index in [0.717, 1.165) is 0 Å². The first-order chi connectivity index (χ1) is 10.7. The van der Waals surface area contributed by atoms with Gasteiger partial charge in [0.2, 0.25) is 10.0 Å². The van der Waals surface area contributed by atoms with Gasteiger partial charge < -0.3 is 9.84 Å². The molecule has 0 radical (unpaired) electrons. The van der Waals surface area contributed by atoms with E-state index in [1.54, 1.807) is 19.1 Å².